The number of nitro groups is 1. The number of ether oxygens (including phenoxy) is 1. The van der Waals surface area contributed by atoms with Crippen molar-refractivity contribution in [1.29, 1.82) is 0 Å². The Kier molecular flexibility index (Phi) is 4.92. The minimum Gasteiger partial charge on any atom is -0.394 e. The van der Waals surface area contributed by atoms with Gasteiger partial charge >= 0.3 is 0 Å². The van der Waals surface area contributed by atoms with Crippen LogP contribution in [-0.2, 0) is 4.74 Å². The molecule has 8 heteroatoms. The molecule has 0 radical (unpaired) electrons. The molecule has 2 rings (SSSR count). The summed E-state index contributed by atoms with van der Waals surface area (Å²) in [6.07, 6.45) is -0.421. The van der Waals surface area contributed by atoms with E-state index in [2.05, 4.69) is 15.9 Å². The minimum atomic E-state index is -0.542. The van der Waals surface area contributed by atoms with Crippen molar-refractivity contribution in [3.05, 3.63) is 38.3 Å². The van der Waals surface area contributed by atoms with Crippen LogP contribution >= 0.6 is 15.9 Å². The first-order valence-corrected chi connectivity index (χ1v) is 7.20. The highest BCUT2D eigenvalue weighted by Crippen LogP contribution is 2.27. The monoisotopic (exact) mass is 358 g/mol. The van der Waals surface area contributed by atoms with Crippen LogP contribution in [0.1, 0.15) is 17.3 Å². The maximum atomic E-state index is 12.5. The molecule has 1 saturated heterocycles. The number of carbonyl (C=O) groups excluding carboxylic acids is 1. The molecule has 1 amide bonds. The minimum absolute atomic E-state index is 0.150. The third kappa shape index (κ3) is 3.39. The summed E-state index contributed by atoms with van der Waals surface area (Å²) in [5.74, 6) is -0.306. The Morgan fingerprint density at radius 1 is 1.62 bits per heavy atom. The van der Waals surface area contributed by atoms with Gasteiger partial charge in [-0.1, -0.05) is 0 Å². The zero-order chi connectivity index (χ0) is 15.6. The smallest absolute Gasteiger partial charge is 0.284 e. The van der Waals surface area contributed by atoms with E-state index in [0.29, 0.717) is 11.1 Å². The number of hydrogen-bond donors (Lipinski definition) is 1. The van der Waals surface area contributed by atoms with Gasteiger partial charge in [-0.05, 0) is 35.0 Å². The Morgan fingerprint density at radius 2 is 2.33 bits per heavy atom. The maximum Gasteiger partial charge on any atom is 0.284 e. The Hall–Kier alpha value is -1.51. The van der Waals surface area contributed by atoms with Gasteiger partial charge in [0, 0.05) is 18.2 Å². The summed E-state index contributed by atoms with van der Waals surface area (Å²) in [5.41, 5.74) is 0.0933. The maximum absolute atomic E-state index is 12.5. The first-order chi connectivity index (χ1) is 9.93. The highest BCUT2D eigenvalue weighted by molar-refractivity contribution is 9.10. The van der Waals surface area contributed by atoms with Gasteiger partial charge in [0.1, 0.15) is 0 Å². The summed E-state index contributed by atoms with van der Waals surface area (Å²) in [5, 5.41) is 20.1. The number of nitro benzene ring substituents is 1. The summed E-state index contributed by atoms with van der Waals surface area (Å²) in [7, 11) is 0. The molecule has 0 spiro atoms. The number of amides is 1. The van der Waals surface area contributed by atoms with Gasteiger partial charge in [0.2, 0.25) is 0 Å². The lowest BCUT2D eigenvalue weighted by Gasteiger charge is -2.37. The van der Waals surface area contributed by atoms with Gasteiger partial charge in [-0.2, -0.15) is 0 Å². The summed E-state index contributed by atoms with van der Waals surface area (Å²) in [6, 6.07) is 4.13. The number of aliphatic hydroxyl groups is 1. The zero-order valence-corrected chi connectivity index (χ0v) is 12.9. The summed E-state index contributed by atoms with van der Waals surface area (Å²) < 4.78 is 5.70. The third-order valence-corrected chi connectivity index (χ3v) is 4.03. The number of benzene rings is 1. The van der Waals surface area contributed by atoms with Crippen LogP contribution in [0.3, 0.4) is 0 Å². The molecule has 1 fully saturated rings. The van der Waals surface area contributed by atoms with E-state index in [1.807, 2.05) is 6.92 Å². The highest BCUT2D eigenvalue weighted by Gasteiger charge is 2.30. The molecule has 1 heterocycles. The predicted molar refractivity (Wildman–Crippen MR) is 78.1 cm³/mol. The SMILES string of the molecule is CC1COC(CO)CN1C(=O)c1ccc(Br)c([N+](=O)[O-])c1. The van der Waals surface area contributed by atoms with Crippen LogP contribution in [0.15, 0.2) is 22.7 Å². The number of halogens is 1. The summed E-state index contributed by atoms with van der Waals surface area (Å²) >= 11 is 3.09. The Bertz CT molecular complexity index is 565. The molecule has 2 atom stereocenters. The second-order valence-corrected chi connectivity index (χ2v) is 5.72. The van der Waals surface area contributed by atoms with Crippen molar-refractivity contribution in [3.63, 3.8) is 0 Å². The fourth-order valence-electron chi connectivity index (χ4n) is 2.16. The van der Waals surface area contributed by atoms with Gasteiger partial charge in [-0.25, -0.2) is 0 Å². The molecule has 1 aliphatic heterocycles. The molecule has 0 saturated carbocycles. The van der Waals surface area contributed by atoms with E-state index in [0.717, 1.165) is 0 Å². The number of rotatable bonds is 3. The van der Waals surface area contributed by atoms with Gasteiger partial charge in [-0.15, -0.1) is 0 Å². The summed E-state index contributed by atoms with van der Waals surface area (Å²) in [4.78, 5) is 24.5. The van der Waals surface area contributed by atoms with Crippen LogP contribution in [0.2, 0.25) is 0 Å². The molecule has 0 aliphatic carbocycles. The van der Waals surface area contributed by atoms with Gasteiger partial charge in [0.05, 0.1) is 34.8 Å². The Balaban J connectivity index is 2.26. The average molecular weight is 359 g/mol. The second kappa shape index (κ2) is 6.50. The molecule has 0 aromatic heterocycles. The lowest BCUT2D eigenvalue weighted by molar-refractivity contribution is -0.385. The van der Waals surface area contributed by atoms with E-state index in [-0.39, 0.29) is 36.4 Å². The Labute approximate surface area is 129 Å². The largest absolute Gasteiger partial charge is 0.394 e. The number of hydrogen-bond acceptors (Lipinski definition) is 5. The first-order valence-electron chi connectivity index (χ1n) is 6.41. The molecule has 1 N–H and O–H groups in total. The van der Waals surface area contributed by atoms with Crippen molar-refractivity contribution in [1.82, 2.24) is 4.90 Å². The van der Waals surface area contributed by atoms with Crippen molar-refractivity contribution < 1.29 is 19.6 Å². The molecule has 21 heavy (non-hydrogen) atoms. The predicted octanol–water partition coefficient (Wildman–Crippen LogP) is 1.58. The van der Waals surface area contributed by atoms with Crippen LogP contribution in [0.5, 0.6) is 0 Å². The lowest BCUT2D eigenvalue weighted by Crippen LogP contribution is -2.52. The van der Waals surface area contributed by atoms with E-state index >= 15 is 0 Å². The molecular formula is C13H15BrN2O5. The zero-order valence-electron chi connectivity index (χ0n) is 11.4. The third-order valence-electron chi connectivity index (χ3n) is 3.36. The number of nitrogens with zero attached hydrogens (tertiary/aromatic N) is 2. The van der Waals surface area contributed by atoms with Gasteiger partial charge < -0.3 is 14.7 Å². The van der Waals surface area contributed by atoms with Gasteiger partial charge in [0.15, 0.2) is 0 Å². The number of morpholine rings is 1. The molecule has 7 nitrogen and oxygen atoms in total. The molecule has 114 valence electrons. The van der Waals surface area contributed by atoms with Crippen molar-refractivity contribution >= 4 is 27.5 Å². The topological polar surface area (TPSA) is 92.9 Å². The average Bonchev–Trinajstić information content (AvgIpc) is 2.47. The van der Waals surface area contributed by atoms with E-state index in [9.17, 15) is 14.9 Å². The van der Waals surface area contributed by atoms with Crippen molar-refractivity contribution in [2.45, 2.75) is 19.1 Å². The van der Waals surface area contributed by atoms with E-state index in [1.54, 1.807) is 4.90 Å². The van der Waals surface area contributed by atoms with Crippen LogP contribution in [-0.4, -0.2) is 52.7 Å². The molecular weight excluding hydrogens is 344 g/mol. The quantitative estimate of drug-likeness (QED) is 0.653. The molecule has 0 bridgehead atoms. The Morgan fingerprint density at radius 3 is 2.95 bits per heavy atom. The summed E-state index contributed by atoms with van der Waals surface area (Å²) in [6.45, 7) is 2.26. The van der Waals surface area contributed by atoms with E-state index in [1.165, 1.54) is 18.2 Å². The van der Waals surface area contributed by atoms with Gasteiger partial charge in [-0.3, -0.25) is 14.9 Å². The van der Waals surface area contributed by atoms with Crippen LogP contribution in [0.4, 0.5) is 5.69 Å². The fraction of sp³-hybridized carbons (Fsp3) is 0.462. The van der Waals surface area contributed by atoms with Crippen LogP contribution in [0, 0.1) is 10.1 Å². The van der Waals surface area contributed by atoms with E-state index < -0.39 is 11.0 Å². The number of aliphatic hydroxyl groups excluding tert-OH is 1. The fourth-order valence-corrected chi connectivity index (χ4v) is 2.55. The lowest BCUT2D eigenvalue weighted by atomic mass is 10.1. The highest BCUT2D eigenvalue weighted by atomic mass is 79.9. The van der Waals surface area contributed by atoms with Crippen molar-refractivity contribution in [2.75, 3.05) is 19.8 Å². The molecule has 1 aliphatic rings. The van der Waals surface area contributed by atoms with E-state index in [4.69, 9.17) is 9.84 Å². The molecule has 1 aromatic carbocycles. The first kappa shape index (κ1) is 15.9. The normalized spacial score (nSPS) is 22.1. The van der Waals surface area contributed by atoms with Crippen molar-refractivity contribution in [3.8, 4) is 0 Å². The van der Waals surface area contributed by atoms with Gasteiger partial charge in [0.25, 0.3) is 11.6 Å². The molecule has 1 aromatic rings. The van der Waals surface area contributed by atoms with Crippen LogP contribution in [0.25, 0.3) is 0 Å². The van der Waals surface area contributed by atoms with Crippen molar-refractivity contribution in [2.24, 2.45) is 0 Å². The standard InChI is InChI=1S/C13H15BrN2O5/c1-8-7-21-10(6-17)5-15(8)13(18)9-2-3-11(14)12(4-9)16(19)20/h2-4,8,10,17H,5-7H2,1H3. The number of carbonyl (C=O) groups is 1. The molecule has 2 unspecified atom stereocenters. The second-order valence-electron chi connectivity index (χ2n) is 4.87. The van der Waals surface area contributed by atoms with Crippen LogP contribution < -0.4 is 0 Å².